The van der Waals surface area contributed by atoms with Crippen molar-refractivity contribution < 1.29 is 0 Å². The maximum atomic E-state index is 3.53. The number of benzene rings is 2. The van der Waals surface area contributed by atoms with Crippen molar-refractivity contribution in [1.82, 2.24) is 5.32 Å². The van der Waals surface area contributed by atoms with Gasteiger partial charge in [0, 0.05) is 11.0 Å². The van der Waals surface area contributed by atoms with Crippen LogP contribution in [0.5, 0.6) is 0 Å². The fourth-order valence-electron chi connectivity index (χ4n) is 2.16. The van der Waals surface area contributed by atoms with E-state index in [-0.39, 0.29) is 0 Å². The lowest BCUT2D eigenvalue weighted by atomic mass is 10.1. The molecule has 1 N–H and O–H groups in total. The standard InChI is InChI=1S/C17H20BrN/c1-13-5-3-4-6-16(13)9-10-19-12-15-7-8-17(18)14(2)11-15/h3-8,11,19H,9-10,12H2,1-2H3. The van der Waals surface area contributed by atoms with Crippen LogP contribution in [-0.2, 0) is 13.0 Å². The van der Waals surface area contributed by atoms with E-state index in [2.05, 4.69) is 77.6 Å². The second-order valence-electron chi connectivity index (χ2n) is 4.94. The Labute approximate surface area is 124 Å². The van der Waals surface area contributed by atoms with Crippen molar-refractivity contribution in [2.45, 2.75) is 26.8 Å². The van der Waals surface area contributed by atoms with Crippen molar-refractivity contribution in [1.29, 1.82) is 0 Å². The van der Waals surface area contributed by atoms with Gasteiger partial charge in [-0.1, -0.05) is 52.3 Å². The summed E-state index contributed by atoms with van der Waals surface area (Å²) in [5.41, 5.74) is 5.44. The number of hydrogen-bond acceptors (Lipinski definition) is 1. The van der Waals surface area contributed by atoms with Crippen LogP contribution in [0.3, 0.4) is 0 Å². The first-order valence-electron chi connectivity index (χ1n) is 6.67. The van der Waals surface area contributed by atoms with Crippen LogP contribution >= 0.6 is 15.9 Å². The molecule has 0 spiro atoms. The third kappa shape index (κ3) is 4.19. The van der Waals surface area contributed by atoms with Gasteiger partial charge in [-0.2, -0.15) is 0 Å². The third-order valence-electron chi connectivity index (χ3n) is 3.38. The normalized spacial score (nSPS) is 10.7. The molecule has 2 rings (SSSR count). The van der Waals surface area contributed by atoms with Crippen LogP contribution in [0.25, 0.3) is 0 Å². The molecule has 0 fully saturated rings. The zero-order valence-electron chi connectivity index (χ0n) is 11.5. The first kappa shape index (κ1) is 14.3. The van der Waals surface area contributed by atoms with Gasteiger partial charge in [0.05, 0.1) is 0 Å². The van der Waals surface area contributed by atoms with Crippen molar-refractivity contribution in [2.75, 3.05) is 6.54 Å². The molecule has 0 aliphatic carbocycles. The van der Waals surface area contributed by atoms with E-state index in [0.29, 0.717) is 0 Å². The minimum absolute atomic E-state index is 0.931. The summed E-state index contributed by atoms with van der Waals surface area (Å²) in [6.07, 6.45) is 1.09. The number of rotatable bonds is 5. The van der Waals surface area contributed by atoms with E-state index in [1.165, 1.54) is 26.7 Å². The topological polar surface area (TPSA) is 12.0 Å². The molecule has 1 nitrogen and oxygen atoms in total. The average molecular weight is 318 g/mol. The molecule has 100 valence electrons. The summed E-state index contributed by atoms with van der Waals surface area (Å²) in [6, 6.07) is 15.1. The van der Waals surface area contributed by atoms with Crippen molar-refractivity contribution >= 4 is 15.9 Å². The molecular weight excluding hydrogens is 298 g/mol. The zero-order valence-corrected chi connectivity index (χ0v) is 13.1. The number of hydrogen-bond donors (Lipinski definition) is 1. The lowest BCUT2D eigenvalue weighted by molar-refractivity contribution is 0.685. The summed E-state index contributed by atoms with van der Waals surface area (Å²) >= 11 is 3.53. The predicted octanol–water partition coefficient (Wildman–Crippen LogP) is 4.40. The first-order chi connectivity index (χ1) is 9.16. The average Bonchev–Trinajstić information content (AvgIpc) is 2.40. The van der Waals surface area contributed by atoms with Crippen LogP contribution in [0.2, 0.25) is 0 Å². The highest BCUT2D eigenvalue weighted by Gasteiger charge is 1.99. The first-order valence-corrected chi connectivity index (χ1v) is 7.46. The summed E-state index contributed by atoms with van der Waals surface area (Å²) < 4.78 is 1.18. The van der Waals surface area contributed by atoms with Crippen LogP contribution in [-0.4, -0.2) is 6.54 Å². The lowest BCUT2D eigenvalue weighted by Crippen LogP contribution is -2.17. The smallest absolute Gasteiger partial charge is 0.0205 e. The van der Waals surface area contributed by atoms with Gasteiger partial charge < -0.3 is 5.32 Å². The van der Waals surface area contributed by atoms with Crippen molar-refractivity contribution in [3.05, 3.63) is 69.2 Å². The molecule has 0 atom stereocenters. The Hall–Kier alpha value is -1.12. The minimum Gasteiger partial charge on any atom is -0.312 e. The summed E-state index contributed by atoms with van der Waals surface area (Å²) in [6.45, 7) is 6.24. The van der Waals surface area contributed by atoms with E-state index in [4.69, 9.17) is 0 Å². The molecule has 0 saturated heterocycles. The molecule has 2 heteroatoms. The summed E-state index contributed by atoms with van der Waals surface area (Å²) in [5.74, 6) is 0. The van der Waals surface area contributed by atoms with Crippen molar-refractivity contribution in [3.63, 3.8) is 0 Å². The monoisotopic (exact) mass is 317 g/mol. The Kier molecular flexibility index (Phi) is 5.17. The molecule has 0 heterocycles. The van der Waals surface area contributed by atoms with Crippen LogP contribution in [0.15, 0.2) is 46.9 Å². The summed E-state index contributed by atoms with van der Waals surface area (Å²) in [5, 5.41) is 3.51. The van der Waals surface area contributed by atoms with Gasteiger partial charge in [0.25, 0.3) is 0 Å². The highest BCUT2D eigenvalue weighted by Crippen LogP contribution is 2.16. The Morgan fingerprint density at radius 1 is 1.00 bits per heavy atom. The largest absolute Gasteiger partial charge is 0.312 e. The molecule has 0 aliphatic rings. The van der Waals surface area contributed by atoms with Gasteiger partial charge in [0.1, 0.15) is 0 Å². The molecule has 19 heavy (non-hydrogen) atoms. The van der Waals surface area contributed by atoms with Gasteiger partial charge in [-0.15, -0.1) is 0 Å². The van der Waals surface area contributed by atoms with Gasteiger partial charge in [-0.05, 0) is 55.1 Å². The molecule has 0 bridgehead atoms. The fraction of sp³-hybridized carbons (Fsp3) is 0.294. The van der Waals surface area contributed by atoms with Gasteiger partial charge in [-0.3, -0.25) is 0 Å². The van der Waals surface area contributed by atoms with Gasteiger partial charge >= 0.3 is 0 Å². The molecule has 0 unspecified atom stereocenters. The van der Waals surface area contributed by atoms with Gasteiger partial charge in [-0.25, -0.2) is 0 Å². The van der Waals surface area contributed by atoms with Crippen molar-refractivity contribution in [2.24, 2.45) is 0 Å². The molecule has 0 amide bonds. The Balaban J connectivity index is 1.81. The molecule has 0 saturated carbocycles. The Morgan fingerprint density at radius 3 is 2.53 bits per heavy atom. The quantitative estimate of drug-likeness (QED) is 0.806. The SMILES string of the molecule is Cc1cc(CNCCc2ccccc2C)ccc1Br. The highest BCUT2D eigenvalue weighted by atomic mass is 79.9. The van der Waals surface area contributed by atoms with Gasteiger partial charge in [0.2, 0.25) is 0 Å². The van der Waals surface area contributed by atoms with E-state index in [1.54, 1.807) is 0 Å². The summed E-state index contributed by atoms with van der Waals surface area (Å²) in [4.78, 5) is 0. The zero-order chi connectivity index (χ0) is 13.7. The molecule has 0 aromatic heterocycles. The Morgan fingerprint density at radius 2 is 1.79 bits per heavy atom. The van der Waals surface area contributed by atoms with E-state index in [9.17, 15) is 0 Å². The minimum atomic E-state index is 0.931. The second kappa shape index (κ2) is 6.88. The highest BCUT2D eigenvalue weighted by molar-refractivity contribution is 9.10. The van der Waals surface area contributed by atoms with E-state index < -0.39 is 0 Å². The third-order valence-corrected chi connectivity index (χ3v) is 4.27. The maximum absolute atomic E-state index is 3.53. The molecule has 2 aromatic carbocycles. The summed E-state index contributed by atoms with van der Waals surface area (Å²) in [7, 11) is 0. The molecular formula is C17H20BrN. The number of aryl methyl sites for hydroxylation is 2. The predicted molar refractivity (Wildman–Crippen MR) is 85.5 cm³/mol. The second-order valence-corrected chi connectivity index (χ2v) is 5.79. The Bertz CT molecular complexity index is 549. The van der Waals surface area contributed by atoms with E-state index >= 15 is 0 Å². The van der Waals surface area contributed by atoms with Crippen LogP contribution < -0.4 is 5.32 Å². The molecule has 0 radical (unpaired) electrons. The van der Waals surface area contributed by atoms with E-state index in [0.717, 1.165) is 19.5 Å². The van der Waals surface area contributed by atoms with Crippen LogP contribution in [0.4, 0.5) is 0 Å². The number of nitrogens with one attached hydrogen (secondary N) is 1. The van der Waals surface area contributed by atoms with E-state index in [1.807, 2.05) is 0 Å². The maximum Gasteiger partial charge on any atom is 0.0205 e. The molecule has 2 aromatic rings. The fourth-order valence-corrected chi connectivity index (χ4v) is 2.41. The number of halogens is 1. The van der Waals surface area contributed by atoms with Crippen LogP contribution in [0, 0.1) is 13.8 Å². The van der Waals surface area contributed by atoms with Crippen LogP contribution in [0.1, 0.15) is 22.3 Å². The molecule has 0 aliphatic heterocycles. The lowest BCUT2D eigenvalue weighted by Gasteiger charge is -2.08. The van der Waals surface area contributed by atoms with Gasteiger partial charge in [0.15, 0.2) is 0 Å². The van der Waals surface area contributed by atoms with Crippen molar-refractivity contribution in [3.8, 4) is 0 Å².